The number of carbonyl (C=O) groups excluding carboxylic acids is 3. The van der Waals surface area contributed by atoms with E-state index in [-0.39, 0.29) is 6.61 Å². The summed E-state index contributed by atoms with van der Waals surface area (Å²) in [5.74, 6) is -3.33. The van der Waals surface area contributed by atoms with Crippen molar-refractivity contribution < 1.29 is 51.0 Å². The molecule has 0 spiro atoms. The van der Waals surface area contributed by atoms with Gasteiger partial charge in [-0.25, -0.2) is 0 Å². The van der Waals surface area contributed by atoms with Gasteiger partial charge < -0.3 is 23.7 Å². The molecule has 0 aromatic rings. The number of ether oxygens (including phenoxy) is 5. The molecular formula is C15H24O11S. The fourth-order valence-corrected chi connectivity index (χ4v) is 3.25. The molecule has 11 nitrogen and oxygen atoms in total. The van der Waals surface area contributed by atoms with Crippen molar-refractivity contribution in [1.82, 2.24) is 0 Å². The van der Waals surface area contributed by atoms with Crippen LogP contribution >= 0.6 is 0 Å². The van der Waals surface area contributed by atoms with Gasteiger partial charge in [-0.2, -0.15) is 8.42 Å². The van der Waals surface area contributed by atoms with Gasteiger partial charge in [0.2, 0.25) is 0 Å². The van der Waals surface area contributed by atoms with E-state index < -0.39 is 64.5 Å². The van der Waals surface area contributed by atoms with Gasteiger partial charge in [0.1, 0.15) is 11.9 Å². The summed E-state index contributed by atoms with van der Waals surface area (Å²) in [5, 5.41) is 0. The van der Waals surface area contributed by atoms with Gasteiger partial charge in [0.05, 0.1) is 0 Å². The minimum absolute atomic E-state index is 0.159. The third-order valence-corrected chi connectivity index (χ3v) is 4.11. The summed E-state index contributed by atoms with van der Waals surface area (Å²) in [6, 6.07) is 0. The van der Waals surface area contributed by atoms with E-state index in [9.17, 15) is 27.4 Å². The minimum Gasteiger partial charge on any atom is -0.456 e. The van der Waals surface area contributed by atoms with E-state index in [1.54, 1.807) is 6.92 Å². The molecule has 1 rings (SSSR count). The van der Waals surface area contributed by atoms with Crippen LogP contribution in [0.3, 0.4) is 0 Å². The average molecular weight is 412 g/mol. The molecule has 0 aromatic heterocycles. The molecule has 0 radical (unpaired) electrons. The van der Waals surface area contributed by atoms with Crippen LogP contribution in [0.15, 0.2) is 0 Å². The molecule has 0 aromatic carbocycles. The van der Waals surface area contributed by atoms with Crippen LogP contribution in [0.5, 0.6) is 0 Å². The van der Waals surface area contributed by atoms with Gasteiger partial charge in [-0.1, -0.05) is 6.92 Å². The number of esters is 3. The fourth-order valence-electron chi connectivity index (χ4n) is 2.56. The van der Waals surface area contributed by atoms with Crippen molar-refractivity contribution in [3.05, 3.63) is 0 Å². The smallest absolute Gasteiger partial charge is 0.303 e. The van der Waals surface area contributed by atoms with Gasteiger partial charge >= 0.3 is 17.9 Å². The molecule has 1 saturated heterocycles. The number of hydrogen-bond donors (Lipinski definition) is 1. The van der Waals surface area contributed by atoms with Crippen molar-refractivity contribution in [1.29, 1.82) is 0 Å². The van der Waals surface area contributed by atoms with Crippen molar-refractivity contribution in [3.63, 3.8) is 0 Å². The standard InChI is InChI=1S/C15H24O11S/c1-5-6-22-15-14(25-10(4)18)13(24-9(3)17)12(23-8(2)16)11(26-15)7-27(19,20)21/h11-15H,5-7H2,1-4H3,(H,19,20,21)/t11-,12-,13+,14-,15+/m1/s1. The molecule has 1 aliphatic rings. The molecule has 1 N–H and O–H groups in total. The van der Waals surface area contributed by atoms with Crippen molar-refractivity contribution in [3.8, 4) is 0 Å². The first-order chi connectivity index (χ1) is 12.4. The summed E-state index contributed by atoms with van der Waals surface area (Å²) in [4.78, 5) is 34.5. The molecular weight excluding hydrogens is 388 g/mol. The Morgan fingerprint density at radius 1 is 0.926 bits per heavy atom. The van der Waals surface area contributed by atoms with Gasteiger partial charge in [-0.05, 0) is 6.42 Å². The lowest BCUT2D eigenvalue weighted by molar-refractivity contribution is -0.300. The maximum atomic E-state index is 11.5. The van der Waals surface area contributed by atoms with Gasteiger partial charge in [0.15, 0.2) is 24.6 Å². The lowest BCUT2D eigenvalue weighted by Crippen LogP contribution is -2.63. The Labute approximate surface area is 157 Å². The molecule has 0 aliphatic carbocycles. The van der Waals surface area contributed by atoms with Gasteiger partial charge in [0, 0.05) is 27.4 Å². The van der Waals surface area contributed by atoms with E-state index in [1.165, 1.54) is 0 Å². The Balaban J connectivity index is 3.33. The van der Waals surface area contributed by atoms with E-state index in [2.05, 4.69) is 0 Å². The molecule has 5 atom stereocenters. The third kappa shape index (κ3) is 7.79. The Kier molecular flexibility index (Phi) is 8.59. The van der Waals surface area contributed by atoms with E-state index in [4.69, 9.17) is 23.7 Å². The van der Waals surface area contributed by atoms with Crippen LogP contribution in [0, 0.1) is 0 Å². The first-order valence-corrected chi connectivity index (χ1v) is 9.79. The van der Waals surface area contributed by atoms with Crippen LogP contribution in [-0.4, -0.2) is 73.9 Å². The lowest BCUT2D eigenvalue weighted by Gasteiger charge is -2.44. The largest absolute Gasteiger partial charge is 0.456 e. The second-order valence-electron chi connectivity index (χ2n) is 5.88. The van der Waals surface area contributed by atoms with Crippen LogP contribution in [0.25, 0.3) is 0 Å². The molecule has 0 bridgehead atoms. The first-order valence-electron chi connectivity index (χ1n) is 8.18. The maximum absolute atomic E-state index is 11.5. The second-order valence-corrected chi connectivity index (χ2v) is 7.38. The zero-order valence-corrected chi connectivity index (χ0v) is 16.3. The molecule has 1 heterocycles. The predicted octanol–water partition coefficient (Wildman–Crippen LogP) is -0.179. The predicted molar refractivity (Wildman–Crippen MR) is 88.0 cm³/mol. The Bertz CT molecular complexity index is 644. The molecule has 0 unspecified atom stereocenters. The van der Waals surface area contributed by atoms with E-state index in [0.29, 0.717) is 6.42 Å². The monoisotopic (exact) mass is 412 g/mol. The van der Waals surface area contributed by atoms with E-state index in [1.807, 2.05) is 0 Å². The van der Waals surface area contributed by atoms with Crippen LogP contribution in [-0.2, 0) is 48.2 Å². The highest BCUT2D eigenvalue weighted by Crippen LogP contribution is 2.30. The summed E-state index contributed by atoms with van der Waals surface area (Å²) in [6.45, 7) is 5.18. The minimum atomic E-state index is -4.55. The van der Waals surface area contributed by atoms with Crippen molar-refractivity contribution in [2.75, 3.05) is 12.4 Å². The fraction of sp³-hybridized carbons (Fsp3) is 0.800. The zero-order valence-electron chi connectivity index (χ0n) is 15.4. The van der Waals surface area contributed by atoms with Gasteiger partial charge in [0.25, 0.3) is 10.1 Å². The number of hydrogen-bond acceptors (Lipinski definition) is 10. The van der Waals surface area contributed by atoms with Crippen LogP contribution < -0.4 is 0 Å². The van der Waals surface area contributed by atoms with Crippen molar-refractivity contribution >= 4 is 28.0 Å². The molecule has 12 heteroatoms. The summed E-state index contributed by atoms with van der Waals surface area (Å²) in [5.41, 5.74) is 0. The topological polar surface area (TPSA) is 152 Å². The van der Waals surface area contributed by atoms with E-state index >= 15 is 0 Å². The zero-order chi connectivity index (χ0) is 20.8. The van der Waals surface area contributed by atoms with Crippen LogP contribution in [0.1, 0.15) is 34.1 Å². The Morgan fingerprint density at radius 2 is 1.41 bits per heavy atom. The first kappa shape index (κ1) is 23.3. The SMILES string of the molecule is CCCO[C@H]1O[C@H](CS(=O)(=O)O)[C@@H](OC(C)=O)[C@H](OC(C)=O)[C@H]1OC(C)=O. The van der Waals surface area contributed by atoms with Gasteiger partial charge in [-0.3, -0.25) is 18.9 Å². The van der Waals surface area contributed by atoms with Crippen LogP contribution in [0.2, 0.25) is 0 Å². The number of rotatable bonds is 8. The quantitative estimate of drug-likeness (QED) is 0.321. The van der Waals surface area contributed by atoms with E-state index in [0.717, 1.165) is 20.8 Å². The molecule has 0 saturated carbocycles. The molecule has 1 aliphatic heterocycles. The summed E-state index contributed by atoms with van der Waals surface area (Å²) in [6.07, 6.45) is -6.36. The third-order valence-electron chi connectivity index (χ3n) is 3.36. The summed E-state index contributed by atoms with van der Waals surface area (Å²) in [7, 11) is -4.55. The van der Waals surface area contributed by atoms with Crippen molar-refractivity contribution in [2.24, 2.45) is 0 Å². The highest BCUT2D eigenvalue weighted by Gasteiger charge is 2.53. The summed E-state index contributed by atoms with van der Waals surface area (Å²) >= 11 is 0. The van der Waals surface area contributed by atoms with Gasteiger partial charge in [-0.15, -0.1) is 0 Å². The highest BCUT2D eigenvalue weighted by molar-refractivity contribution is 7.85. The second kappa shape index (κ2) is 9.97. The molecule has 0 amide bonds. The normalized spacial score (nSPS) is 28.3. The average Bonchev–Trinajstić information content (AvgIpc) is 2.48. The van der Waals surface area contributed by atoms with Crippen LogP contribution in [0.4, 0.5) is 0 Å². The molecule has 1 fully saturated rings. The molecule has 156 valence electrons. The highest BCUT2D eigenvalue weighted by atomic mass is 32.2. The Hall–Kier alpha value is -1.76. The molecule has 27 heavy (non-hydrogen) atoms. The summed E-state index contributed by atoms with van der Waals surface area (Å²) < 4.78 is 58.1. The number of carbonyl (C=O) groups is 3. The lowest BCUT2D eigenvalue weighted by atomic mass is 9.98. The van der Waals surface area contributed by atoms with Crippen molar-refractivity contribution in [2.45, 2.75) is 64.8 Å². The maximum Gasteiger partial charge on any atom is 0.303 e. The Morgan fingerprint density at radius 3 is 1.85 bits per heavy atom.